The van der Waals surface area contributed by atoms with Crippen LogP contribution in [0.4, 0.5) is 5.69 Å². The highest BCUT2D eigenvalue weighted by Crippen LogP contribution is 2.18. The first-order valence-electron chi connectivity index (χ1n) is 10.4. The van der Waals surface area contributed by atoms with Crippen LogP contribution in [0.3, 0.4) is 0 Å². The Balaban J connectivity index is 1.31. The summed E-state index contributed by atoms with van der Waals surface area (Å²) in [5, 5.41) is 14.4. The predicted molar refractivity (Wildman–Crippen MR) is 121 cm³/mol. The summed E-state index contributed by atoms with van der Waals surface area (Å²) in [6.45, 7) is 3.46. The molecule has 1 aromatic heterocycles. The van der Waals surface area contributed by atoms with Gasteiger partial charge < -0.3 is 20.1 Å². The quantitative estimate of drug-likeness (QED) is 0.542. The van der Waals surface area contributed by atoms with E-state index in [0.29, 0.717) is 22.8 Å². The molecule has 1 aliphatic rings. The molecule has 166 valence electrons. The van der Waals surface area contributed by atoms with E-state index in [1.165, 1.54) is 0 Å². The molecule has 2 N–H and O–H groups in total. The molecule has 32 heavy (non-hydrogen) atoms. The molecule has 9 heteroatoms. The molecule has 1 fully saturated rings. The molecule has 2 amide bonds. The molecule has 8 nitrogen and oxygen atoms in total. The highest BCUT2D eigenvalue weighted by Gasteiger charge is 2.18. The Bertz CT molecular complexity index is 1080. The number of anilines is 1. The fraction of sp³-hybridized carbons (Fsp3) is 0.304. The second-order valence-electron chi connectivity index (χ2n) is 7.48. The first-order valence-corrected chi connectivity index (χ1v) is 11.2. The summed E-state index contributed by atoms with van der Waals surface area (Å²) in [4.78, 5) is 25.0. The van der Waals surface area contributed by atoms with Gasteiger partial charge in [-0.15, -0.1) is 10.2 Å². The average molecular weight is 453 g/mol. The molecular formula is C23H24N4O4S. The molecule has 0 bridgehead atoms. The summed E-state index contributed by atoms with van der Waals surface area (Å²) in [6, 6.07) is 14.5. The molecule has 0 radical (unpaired) electrons. The zero-order chi connectivity index (χ0) is 22.3. The Morgan fingerprint density at radius 1 is 1.16 bits per heavy atom. The second kappa shape index (κ2) is 10.3. The number of rotatable bonds is 8. The van der Waals surface area contributed by atoms with Gasteiger partial charge in [0.25, 0.3) is 11.8 Å². The van der Waals surface area contributed by atoms with Gasteiger partial charge >= 0.3 is 0 Å². The maximum absolute atomic E-state index is 12.6. The lowest BCUT2D eigenvalue weighted by atomic mass is 10.1. The standard InChI is InChI=1S/C23H24N4O4S/c1-15-7-9-18(10-8-15)31-14-20-26-27-23(32-20)22(29)25-17-5-2-4-16(12-17)21(28)24-13-19-6-3-11-30-19/h2,4-5,7-10,12,19H,3,6,11,13-14H2,1H3,(H,24,28)(H,25,29). The molecule has 2 heterocycles. The van der Waals surface area contributed by atoms with Crippen molar-refractivity contribution in [3.8, 4) is 5.75 Å². The van der Waals surface area contributed by atoms with Gasteiger partial charge in [0.2, 0.25) is 5.01 Å². The number of ether oxygens (including phenoxy) is 2. The van der Waals surface area contributed by atoms with Gasteiger partial charge in [0.1, 0.15) is 12.4 Å². The molecule has 3 aromatic rings. The number of nitrogens with zero attached hydrogens (tertiary/aromatic N) is 2. The Kier molecular flexibility index (Phi) is 7.08. The first kappa shape index (κ1) is 21.9. The SMILES string of the molecule is Cc1ccc(OCc2nnc(C(=O)Nc3cccc(C(=O)NCC4CCCO4)c3)s2)cc1. The summed E-state index contributed by atoms with van der Waals surface area (Å²) in [5.74, 6) is 0.135. The van der Waals surface area contributed by atoms with E-state index in [1.807, 2.05) is 31.2 Å². The molecule has 1 aliphatic heterocycles. The lowest BCUT2D eigenvalue weighted by Crippen LogP contribution is -2.31. The van der Waals surface area contributed by atoms with Crippen molar-refractivity contribution in [2.75, 3.05) is 18.5 Å². The van der Waals surface area contributed by atoms with Crippen LogP contribution in [0.1, 0.15) is 43.6 Å². The third-order valence-electron chi connectivity index (χ3n) is 4.94. The number of hydrogen-bond acceptors (Lipinski definition) is 7. The van der Waals surface area contributed by atoms with Crippen LogP contribution in [0.2, 0.25) is 0 Å². The van der Waals surface area contributed by atoms with Gasteiger partial charge in [0.05, 0.1) is 6.10 Å². The first-order chi connectivity index (χ1) is 15.6. The Morgan fingerprint density at radius 3 is 2.78 bits per heavy atom. The molecular weight excluding hydrogens is 428 g/mol. The van der Waals surface area contributed by atoms with Crippen molar-refractivity contribution >= 4 is 28.8 Å². The van der Waals surface area contributed by atoms with E-state index in [4.69, 9.17) is 9.47 Å². The Labute approximate surface area is 190 Å². The van der Waals surface area contributed by atoms with Crippen LogP contribution in [-0.4, -0.2) is 41.3 Å². The van der Waals surface area contributed by atoms with Crippen molar-refractivity contribution < 1.29 is 19.1 Å². The van der Waals surface area contributed by atoms with Crippen LogP contribution in [-0.2, 0) is 11.3 Å². The third kappa shape index (κ3) is 5.89. The van der Waals surface area contributed by atoms with Crippen molar-refractivity contribution in [2.45, 2.75) is 32.5 Å². The molecule has 1 unspecified atom stereocenters. The third-order valence-corrected chi connectivity index (χ3v) is 5.84. The molecule has 0 aliphatic carbocycles. The van der Waals surface area contributed by atoms with Crippen LogP contribution >= 0.6 is 11.3 Å². The highest BCUT2D eigenvalue weighted by atomic mass is 32.1. The number of benzene rings is 2. The second-order valence-corrected chi connectivity index (χ2v) is 8.54. The number of aryl methyl sites for hydroxylation is 1. The maximum Gasteiger partial charge on any atom is 0.286 e. The number of aromatic nitrogens is 2. The van der Waals surface area contributed by atoms with Crippen LogP contribution in [0.5, 0.6) is 5.75 Å². The summed E-state index contributed by atoms with van der Waals surface area (Å²) in [6.07, 6.45) is 2.05. The van der Waals surface area contributed by atoms with Crippen molar-refractivity contribution in [3.63, 3.8) is 0 Å². The zero-order valence-electron chi connectivity index (χ0n) is 17.7. The number of hydrogen-bond donors (Lipinski definition) is 2. The van der Waals surface area contributed by atoms with Crippen molar-refractivity contribution in [1.82, 2.24) is 15.5 Å². The van der Waals surface area contributed by atoms with Crippen molar-refractivity contribution in [2.24, 2.45) is 0 Å². The monoisotopic (exact) mass is 452 g/mol. The summed E-state index contributed by atoms with van der Waals surface area (Å²) < 4.78 is 11.2. The van der Waals surface area contributed by atoms with E-state index in [1.54, 1.807) is 24.3 Å². The maximum atomic E-state index is 12.6. The Morgan fingerprint density at radius 2 is 2.00 bits per heavy atom. The van der Waals surface area contributed by atoms with Crippen LogP contribution < -0.4 is 15.4 Å². The fourth-order valence-electron chi connectivity index (χ4n) is 3.22. The smallest absolute Gasteiger partial charge is 0.286 e. The predicted octanol–water partition coefficient (Wildman–Crippen LogP) is 3.59. The van der Waals surface area contributed by atoms with Crippen LogP contribution in [0, 0.1) is 6.92 Å². The molecule has 0 spiro atoms. The molecule has 0 saturated carbocycles. The van der Waals surface area contributed by atoms with Gasteiger partial charge in [0.15, 0.2) is 5.01 Å². The fourth-order valence-corrected chi connectivity index (χ4v) is 3.87. The van der Waals surface area contributed by atoms with Gasteiger partial charge in [-0.2, -0.15) is 0 Å². The molecule has 1 saturated heterocycles. The zero-order valence-corrected chi connectivity index (χ0v) is 18.5. The van der Waals surface area contributed by atoms with E-state index in [2.05, 4.69) is 20.8 Å². The van der Waals surface area contributed by atoms with E-state index in [9.17, 15) is 9.59 Å². The van der Waals surface area contributed by atoms with E-state index in [-0.39, 0.29) is 29.5 Å². The summed E-state index contributed by atoms with van der Waals surface area (Å²) in [5.41, 5.74) is 2.12. The van der Waals surface area contributed by atoms with Gasteiger partial charge in [-0.1, -0.05) is 35.1 Å². The largest absolute Gasteiger partial charge is 0.486 e. The lowest BCUT2D eigenvalue weighted by Gasteiger charge is -2.11. The molecule has 4 rings (SSSR count). The summed E-state index contributed by atoms with van der Waals surface area (Å²) in [7, 11) is 0. The Hall–Kier alpha value is -3.30. The summed E-state index contributed by atoms with van der Waals surface area (Å²) >= 11 is 1.16. The van der Waals surface area contributed by atoms with E-state index in [0.717, 1.165) is 42.1 Å². The van der Waals surface area contributed by atoms with Gasteiger partial charge in [-0.05, 0) is 50.1 Å². The molecule has 1 atom stereocenters. The topological polar surface area (TPSA) is 102 Å². The van der Waals surface area contributed by atoms with Crippen LogP contribution in [0.25, 0.3) is 0 Å². The minimum atomic E-state index is -0.388. The van der Waals surface area contributed by atoms with Crippen molar-refractivity contribution in [1.29, 1.82) is 0 Å². The van der Waals surface area contributed by atoms with E-state index >= 15 is 0 Å². The van der Waals surface area contributed by atoms with Gasteiger partial charge in [-0.25, -0.2) is 0 Å². The number of nitrogens with one attached hydrogen (secondary N) is 2. The average Bonchev–Trinajstić information content (AvgIpc) is 3.49. The van der Waals surface area contributed by atoms with Crippen molar-refractivity contribution in [3.05, 3.63) is 69.7 Å². The van der Waals surface area contributed by atoms with Crippen LogP contribution in [0.15, 0.2) is 48.5 Å². The van der Waals surface area contributed by atoms with Gasteiger partial charge in [-0.3, -0.25) is 9.59 Å². The van der Waals surface area contributed by atoms with Gasteiger partial charge in [0, 0.05) is 24.4 Å². The number of amides is 2. The lowest BCUT2D eigenvalue weighted by molar-refractivity contribution is 0.0857. The minimum Gasteiger partial charge on any atom is -0.486 e. The van der Waals surface area contributed by atoms with E-state index < -0.39 is 0 Å². The molecule has 2 aromatic carbocycles. The highest BCUT2D eigenvalue weighted by molar-refractivity contribution is 7.13. The number of carbonyl (C=O) groups is 2. The minimum absolute atomic E-state index is 0.0726. The number of carbonyl (C=O) groups excluding carboxylic acids is 2. The normalized spacial score (nSPS) is 15.3.